The number of hydrogen-bond donors (Lipinski definition) is 5. The fourth-order valence-electron chi connectivity index (χ4n) is 6.15. The molecular weight excluding hydrogens is 809 g/mol. The number of methoxy groups -OCH3 is 1. The normalized spacial score (nSPS) is 16.1. The van der Waals surface area contributed by atoms with Gasteiger partial charge in [0.05, 0.1) is 30.3 Å². The molecule has 5 N–H and O–H groups in total. The van der Waals surface area contributed by atoms with Gasteiger partial charge in [-0.25, -0.2) is 19.6 Å². The number of benzene rings is 1. The highest BCUT2D eigenvalue weighted by molar-refractivity contribution is 6.04. The van der Waals surface area contributed by atoms with Crippen LogP contribution < -0.4 is 26.6 Å². The van der Waals surface area contributed by atoms with Crippen LogP contribution in [0.1, 0.15) is 91.4 Å². The molecule has 2 aromatic heterocycles. The third kappa shape index (κ3) is 11.1. The summed E-state index contributed by atoms with van der Waals surface area (Å²) in [5, 5.41) is 12.3. The Morgan fingerprint density at radius 1 is 0.871 bits per heavy atom. The van der Waals surface area contributed by atoms with E-state index in [0.29, 0.717) is 0 Å². The maximum atomic E-state index is 13.8. The molecule has 62 heavy (non-hydrogen) atoms. The maximum Gasteiger partial charge on any atom is 0.413 e. The third-order valence-electron chi connectivity index (χ3n) is 9.25. The van der Waals surface area contributed by atoms with E-state index < -0.39 is 77.1 Å². The number of carbonyl (C=O) groups is 7. The molecule has 6 amide bonds. The number of nitrogens with one attached hydrogen (secondary N) is 5. The van der Waals surface area contributed by atoms with Gasteiger partial charge in [0.1, 0.15) is 41.6 Å². The van der Waals surface area contributed by atoms with Crippen molar-refractivity contribution in [2.75, 3.05) is 7.11 Å². The zero-order valence-corrected chi connectivity index (χ0v) is 35.8. The second-order valence-electron chi connectivity index (χ2n) is 14.7. The fourth-order valence-corrected chi connectivity index (χ4v) is 6.15. The Balaban J connectivity index is 1.38. The van der Waals surface area contributed by atoms with Gasteiger partial charge in [-0.3, -0.25) is 28.9 Å². The molecule has 4 rings (SSSR count). The van der Waals surface area contributed by atoms with Crippen molar-refractivity contribution in [1.29, 1.82) is 0 Å². The molecule has 1 saturated heterocycles. The standard InChI is InChI=1S/C42H50N8O12/c1-13-28(46-37(55)32-26(9)62-42(10,11)50(32)41(57)59-19-27-17-15-14-16-18-27)39-49-31(25(8)61-39)35(53)43-21(4)33(51)47-29(20(2)3)34(52)44-22(5)38-48-30(24(7)60-38)36(54)45-23(6)40(56)58-12/h13-18,20,26,29,32H,4-6,19H2,1-3,7-12H3,(H,43,53)(H,44,52)(H,45,54)(H,46,55)(H,47,51)/b28-13-/t26-,29+,32+/m1/s1. The molecule has 1 aliphatic heterocycles. The number of carbonyl (C=O) groups excluding carboxylic acids is 7. The predicted molar refractivity (Wildman–Crippen MR) is 220 cm³/mol. The number of nitrogens with zero attached hydrogens (tertiary/aromatic N) is 3. The molecule has 0 radical (unpaired) electrons. The Hall–Kier alpha value is -7.35. The summed E-state index contributed by atoms with van der Waals surface area (Å²) < 4.78 is 27.2. The molecular formula is C42H50N8O12. The number of aryl methyl sites for hydroxylation is 2. The number of esters is 1. The van der Waals surface area contributed by atoms with Crippen LogP contribution in [0.3, 0.4) is 0 Å². The van der Waals surface area contributed by atoms with Crippen LogP contribution >= 0.6 is 0 Å². The first-order valence-electron chi connectivity index (χ1n) is 19.1. The number of hydrogen-bond acceptors (Lipinski definition) is 14. The van der Waals surface area contributed by atoms with Crippen molar-refractivity contribution in [2.24, 2.45) is 5.92 Å². The molecule has 1 fully saturated rings. The minimum absolute atomic E-state index is 0.0252. The Morgan fingerprint density at radius 3 is 2.00 bits per heavy atom. The average Bonchev–Trinajstić information content (AvgIpc) is 3.88. The first kappa shape index (κ1) is 47.3. The van der Waals surface area contributed by atoms with Gasteiger partial charge in [-0.15, -0.1) is 0 Å². The fraction of sp³-hybridized carbons (Fsp3) is 0.357. The van der Waals surface area contributed by atoms with Crippen LogP contribution in [0.15, 0.2) is 76.4 Å². The highest BCUT2D eigenvalue weighted by Gasteiger charge is 2.52. The lowest BCUT2D eigenvalue weighted by atomic mass is 10.0. The van der Waals surface area contributed by atoms with Crippen LogP contribution in [0.5, 0.6) is 0 Å². The van der Waals surface area contributed by atoms with Crippen LogP contribution in [0.4, 0.5) is 4.79 Å². The number of oxazole rings is 2. The molecule has 0 aliphatic carbocycles. The van der Waals surface area contributed by atoms with Crippen molar-refractivity contribution >= 4 is 53.0 Å². The highest BCUT2D eigenvalue weighted by atomic mass is 16.6. The summed E-state index contributed by atoms with van der Waals surface area (Å²) in [6.45, 7) is 23.5. The first-order chi connectivity index (χ1) is 29.1. The van der Waals surface area contributed by atoms with E-state index in [1.165, 1.54) is 24.8 Å². The molecule has 330 valence electrons. The molecule has 0 saturated carbocycles. The van der Waals surface area contributed by atoms with Gasteiger partial charge >= 0.3 is 12.1 Å². The molecule has 3 aromatic rings. The van der Waals surface area contributed by atoms with Crippen molar-refractivity contribution in [3.8, 4) is 0 Å². The van der Waals surface area contributed by atoms with Gasteiger partial charge in [0.25, 0.3) is 17.7 Å². The zero-order valence-electron chi connectivity index (χ0n) is 35.8. The van der Waals surface area contributed by atoms with Crippen LogP contribution in [0.2, 0.25) is 0 Å². The van der Waals surface area contributed by atoms with E-state index in [4.69, 9.17) is 18.3 Å². The lowest BCUT2D eigenvalue weighted by Gasteiger charge is -2.32. The number of aromatic nitrogens is 2. The highest BCUT2D eigenvalue weighted by Crippen LogP contribution is 2.33. The number of allylic oxidation sites excluding steroid dienone is 1. The third-order valence-corrected chi connectivity index (χ3v) is 9.25. The summed E-state index contributed by atoms with van der Waals surface area (Å²) in [5.41, 5.74) is -1.78. The van der Waals surface area contributed by atoms with Crippen molar-refractivity contribution in [2.45, 2.75) is 85.9 Å². The van der Waals surface area contributed by atoms with Gasteiger partial charge in [0.15, 0.2) is 11.4 Å². The predicted octanol–water partition coefficient (Wildman–Crippen LogP) is 3.51. The van der Waals surface area contributed by atoms with Crippen LogP contribution in [0, 0.1) is 19.8 Å². The van der Waals surface area contributed by atoms with E-state index in [1.807, 2.05) is 18.2 Å². The Bertz CT molecular complexity index is 2320. The quantitative estimate of drug-likeness (QED) is 0.102. The average molecular weight is 859 g/mol. The minimum Gasteiger partial charge on any atom is -0.464 e. The van der Waals surface area contributed by atoms with Crippen LogP contribution in [-0.2, 0) is 40.0 Å². The molecule has 1 aliphatic rings. The molecule has 20 heteroatoms. The second kappa shape index (κ2) is 19.8. The lowest BCUT2D eigenvalue weighted by molar-refractivity contribution is -0.136. The largest absolute Gasteiger partial charge is 0.464 e. The Kier molecular flexibility index (Phi) is 15.1. The van der Waals surface area contributed by atoms with E-state index in [-0.39, 0.29) is 58.4 Å². The molecule has 1 aromatic carbocycles. The summed E-state index contributed by atoms with van der Waals surface area (Å²) in [7, 11) is 1.12. The molecule has 0 spiro atoms. The summed E-state index contributed by atoms with van der Waals surface area (Å²) in [5.74, 6) is -5.71. The monoisotopic (exact) mass is 858 g/mol. The molecule has 0 unspecified atom stereocenters. The van der Waals surface area contributed by atoms with Crippen molar-refractivity contribution < 1.29 is 56.6 Å². The van der Waals surface area contributed by atoms with Crippen LogP contribution in [-0.4, -0.2) is 87.5 Å². The summed E-state index contributed by atoms with van der Waals surface area (Å²) in [6, 6.07) is 6.72. The summed E-state index contributed by atoms with van der Waals surface area (Å²) in [6.07, 6.45) is -0.0294. The molecule has 20 nitrogen and oxygen atoms in total. The van der Waals surface area contributed by atoms with Crippen molar-refractivity contribution in [3.05, 3.63) is 108 Å². The summed E-state index contributed by atoms with van der Waals surface area (Å²) >= 11 is 0. The smallest absolute Gasteiger partial charge is 0.413 e. The van der Waals surface area contributed by atoms with Gasteiger partial charge in [-0.1, -0.05) is 70.0 Å². The minimum atomic E-state index is -1.20. The van der Waals surface area contributed by atoms with E-state index in [9.17, 15) is 33.6 Å². The van der Waals surface area contributed by atoms with E-state index in [1.54, 1.807) is 53.7 Å². The molecule has 0 bridgehead atoms. The van der Waals surface area contributed by atoms with E-state index in [2.05, 4.69) is 61.0 Å². The van der Waals surface area contributed by atoms with Crippen molar-refractivity contribution in [1.82, 2.24) is 41.5 Å². The lowest BCUT2D eigenvalue weighted by Crippen LogP contribution is -2.54. The number of amides is 6. The summed E-state index contributed by atoms with van der Waals surface area (Å²) in [4.78, 5) is 101. The SMILES string of the molecule is C=C(NC(=O)c1nc(/C(=C/C)NC(=O)[C@@H]2[C@@H](C)OC(C)(C)N2C(=O)OCc2ccccc2)oc1C)C(=O)N[C@H](C(=O)NC(=C)c1nc(C(=O)NC(=C)C(=O)OC)c(C)o1)C(C)C. The first-order valence-corrected chi connectivity index (χ1v) is 19.1. The van der Waals surface area contributed by atoms with Crippen LogP contribution in [0.25, 0.3) is 11.4 Å². The van der Waals surface area contributed by atoms with Gasteiger partial charge < -0.3 is 49.6 Å². The Labute approximate surface area is 357 Å². The molecule has 3 atom stereocenters. The second-order valence-corrected chi connectivity index (χ2v) is 14.7. The number of ether oxygens (including phenoxy) is 3. The Morgan fingerprint density at radius 2 is 1.44 bits per heavy atom. The van der Waals surface area contributed by atoms with Crippen molar-refractivity contribution in [3.63, 3.8) is 0 Å². The van der Waals surface area contributed by atoms with Gasteiger partial charge in [-0.05, 0) is 53.0 Å². The number of rotatable bonds is 16. The van der Waals surface area contributed by atoms with Gasteiger partial charge in [0, 0.05) is 0 Å². The van der Waals surface area contributed by atoms with Gasteiger partial charge in [-0.2, -0.15) is 0 Å². The molecule has 3 heterocycles. The van der Waals surface area contributed by atoms with Gasteiger partial charge in [0.2, 0.25) is 23.6 Å². The van der Waals surface area contributed by atoms with E-state index >= 15 is 0 Å². The zero-order chi connectivity index (χ0) is 46.2. The maximum absolute atomic E-state index is 13.8. The topological polar surface area (TPSA) is 263 Å². The van der Waals surface area contributed by atoms with E-state index in [0.717, 1.165) is 12.7 Å².